The van der Waals surface area contributed by atoms with E-state index in [0.29, 0.717) is 47.8 Å². The van der Waals surface area contributed by atoms with Crippen LogP contribution in [0.4, 0.5) is 15.9 Å². The number of hydrogen-bond donors (Lipinski definition) is 6. The molecule has 0 radical (unpaired) electrons. The summed E-state index contributed by atoms with van der Waals surface area (Å²) in [5.41, 5.74) is 10.6. The van der Waals surface area contributed by atoms with E-state index in [1.54, 1.807) is 42.9 Å². The Labute approximate surface area is 444 Å². The van der Waals surface area contributed by atoms with Crippen LogP contribution in [0.5, 0.6) is 0 Å². The summed E-state index contributed by atoms with van der Waals surface area (Å²) < 4.78 is 27.7. The number of ether oxygens (including phenoxy) is 2. The molecule has 0 aliphatic carbocycles. The van der Waals surface area contributed by atoms with E-state index in [2.05, 4.69) is 36.5 Å². The number of carbonyl (C=O) groups excluding carboxylic acids is 6. The Hall–Kier alpha value is -6.97. The molecule has 0 saturated carbocycles. The topological polar surface area (TPSA) is 247 Å². The van der Waals surface area contributed by atoms with E-state index in [9.17, 15) is 33.2 Å². The molecule has 2 fully saturated rings. The number of likely N-dealkylation sites (N-methyl/N-ethyl adjacent to an activating group) is 1. The second-order valence-corrected chi connectivity index (χ2v) is 20.9. The number of carbonyl (C=O) groups is 6. The minimum atomic E-state index is -0.941. The highest BCUT2D eigenvalue weighted by Crippen LogP contribution is 2.42. The van der Waals surface area contributed by atoms with Crippen molar-refractivity contribution in [2.75, 3.05) is 70.8 Å². The van der Waals surface area contributed by atoms with Gasteiger partial charge in [-0.2, -0.15) is 5.10 Å². The van der Waals surface area contributed by atoms with Gasteiger partial charge in [-0.25, -0.2) is 9.37 Å². The maximum Gasteiger partial charge on any atom is 0.254 e. The maximum absolute atomic E-state index is 14.7. The number of likely N-dealkylation sites (tertiary alicyclic amines) is 1. The van der Waals surface area contributed by atoms with E-state index in [0.717, 1.165) is 29.5 Å². The molecule has 3 aliphatic rings. The number of nitrogens with two attached hydrogens (primary N) is 1. The smallest absolute Gasteiger partial charge is 0.254 e. The number of nitrogens with zero attached hydrogens (tertiary/aromatic N) is 6. The predicted molar refractivity (Wildman–Crippen MR) is 285 cm³/mol. The van der Waals surface area contributed by atoms with Gasteiger partial charge in [-0.15, -0.1) is 0 Å². The van der Waals surface area contributed by atoms with Gasteiger partial charge in [0.05, 0.1) is 69.0 Å². The number of nitrogens with one attached hydrogen (secondary N) is 5. The number of pyridine rings is 1. The molecule has 6 atom stereocenters. The van der Waals surface area contributed by atoms with Crippen molar-refractivity contribution in [3.63, 3.8) is 0 Å². The molecule has 3 aliphatic heterocycles. The van der Waals surface area contributed by atoms with Gasteiger partial charge >= 0.3 is 0 Å². The summed E-state index contributed by atoms with van der Waals surface area (Å²) in [4.78, 5) is 91.0. The number of nitrogen functional groups attached to an aromatic ring is 1. The second kappa shape index (κ2) is 25.7. The van der Waals surface area contributed by atoms with Crippen molar-refractivity contribution in [3.05, 3.63) is 95.2 Å². The summed E-state index contributed by atoms with van der Waals surface area (Å²) in [6.45, 7) is 11.4. The van der Waals surface area contributed by atoms with Crippen LogP contribution in [0.3, 0.4) is 0 Å². The van der Waals surface area contributed by atoms with Crippen molar-refractivity contribution < 1.29 is 42.6 Å². The summed E-state index contributed by atoms with van der Waals surface area (Å²) in [6.07, 6.45) is 6.07. The van der Waals surface area contributed by atoms with Gasteiger partial charge in [0.1, 0.15) is 23.7 Å². The van der Waals surface area contributed by atoms with Gasteiger partial charge in [0, 0.05) is 74.6 Å². The summed E-state index contributed by atoms with van der Waals surface area (Å²) in [6, 6.07) is 12.4. The van der Waals surface area contributed by atoms with Crippen molar-refractivity contribution in [1.29, 1.82) is 0 Å². The third-order valence-corrected chi connectivity index (χ3v) is 14.3. The van der Waals surface area contributed by atoms with Gasteiger partial charge in [-0.05, 0) is 80.5 Å². The van der Waals surface area contributed by atoms with Crippen LogP contribution in [-0.2, 0) is 46.5 Å². The first-order chi connectivity index (χ1) is 36.4. The SMILES string of the molecule is CC[C@H](NC(=O)[C@H]1C[C@@H](NC(=O)CCOCCOCCC(=O)NCCn2cc3c(n2)CN(C)C(=O)c2ccc(F)cc2[C@H]2CCCN2c2cc-3cnc2N)CN1C(=O)C(NC(=O)[C@@H](C)NC)C(C)(C)C)c1ccccc1. The highest BCUT2D eigenvalue weighted by molar-refractivity contribution is 5.96. The second-order valence-electron chi connectivity index (χ2n) is 20.9. The number of benzene rings is 2. The van der Waals surface area contributed by atoms with E-state index in [1.807, 2.05) is 70.3 Å². The lowest BCUT2D eigenvalue weighted by Gasteiger charge is -2.36. The minimum absolute atomic E-state index is 0.0278. The van der Waals surface area contributed by atoms with Gasteiger partial charge in [0.15, 0.2) is 0 Å². The normalized spacial score (nSPS) is 18.6. The van der Waals surface area contributed by atoms with Crippen molar-refractivity contribution in [3.8, 4) is 11.1 Å². The zero-order valence-corrected chi connectivity index (χ0v) is 44.8. The van der Waals surface area contributed by atoms with Crippen LogP contribution in [0.2, 0.25) is 0 Å². The predicted octanol–water partition coefficient (Wildman–Crippen LogP) is 4.02. The fourth-order valence-electron chi connectivity index (χ4n) is 10.0. The summed E-state index contributed by atoms with van der Waals surface area (Å²) in [5.74, 6) is -1.95. The van der Waals surface area contributed by atoms with Crippen molar-refractivity contribution in [2.24, 2.45) is 5.41 Å². The number of hydrogen-bond acceptors (Lipinski definition) is 13. The molecule has 0 spiro atoms. The molecule has 1 unspecified atom stereocenters. The molecule has 2 saturated heterocycles. The molecule has 2 bridgehead atoms. The van der Waals surface area contributed by atoms with Crippen LogP contribution in [0.25, 0.3) is 11.1 Å². The van der Waals surface area contributed by atoms with Gasteiger partial charge in [0.25, 0.3) is 5.91 Å². The summed E-state index contributed by atoms with van der Waals surface area (Å²) in [7, 11) is 3.36. The van der Waals surface area contributed by atoms with E-state index in [1.165, 1.54) is 17.0 Å². The Balaban J connectivity index is 0.854. The first-order valence-electron chi connectivity index (χ1n) is 26.4. The van der Waals surface area contributed by atoms with E-state index in [-0.39, 0.29) is 107 Å². The lowest BCUT2D eigenvalue weighted by molar-refractivity contribution is -0.144. The summed E-state index contributed by atoms with van der Waals surface area (Å²) in [5, 5.41) is 19.6. The minimum Gasteiger partial charge on any atom is -0.382 e. The fraction of sp³-hybridized carbons (Fsp3) is 0.527. The van der Waals surface area contributed by atoms with Crippen LogP contribution in [0, 0.1) is 11.2 Å². The zero-order chi connectivity index (χ0) is 54.7. The first-order valence-corrected chi connectivity index (χ1v) is 26.4. The molecular weight excluding hydrogens is 976 g/mol. The number of amides is 6. The average Bonchev–Trinajstić information content (AvgIpc) is 4.17. The van der Waals surface area contributed by atoms with Crippen molar-refractivity contribution >= 4 is 46.9 Å². The quantitative estimate of drug-likeness (QED) is 0.0647. The zero-order valence-electron chi connectivity index (χ0n) is 44.8. The number of halogens is 1. The molecular formula is C55H75FN12O8. The van der Waals surface area contributed by atoms with Gasteiger partial charge in [-0.3, -0.25) is 33.4 Å². The fourth-order valence-corrected chi connectivity index (χ4v) is 10.0. The molecule has 21 heteroatoms. The number of anilines is 2. The Kier molecular flexibility index (Phi) is 19.2. The monoisotopic (exact) mass is 1050 g/mol. The number of aromatic nitrogens is 3. The highest BCUT2D eigenvalue weighted by atomic mass is 19.1. The van der Waals surface area contributed by atoms with Crippen LogP contribution in [-0.4, -0.2) is 144 Å². The molecule has 76 heavy (non-hydrogen) atoms. The average molecular weight is 1050 g/mol. The van der Waals surface area contributed by atoms with Crippen molar-refractivity contribution in [2.45, 2.75) is 122 Å². The number of fused-ring (bicyclic) bond motifs is 8. The van der Waals surface area contributed by atoms with E-state index < -0.39 is 41.3 Å². The van der Waals surface area contributed by atoms with Crippen molar-refractivity contribution in [1.82, 2.24) is 51.1 Å². The third kappa shape index (κ3) is 14.1. The van der Waals surface area contributed by atoms with Crippen LogP contribution in [0.1, 0.15) is 112 Å². The van der Waals surface area contributed by atoms with Gasteiger partial charge in [-0.1, -0.05) is 58.0 Å². The Bertz CT molecular complexity index is 2700. The lowest BCUT2D eigenvalue weighted by atomic mass is 9.85. The van der Waals surface area contributed by atoms with Crippen LogP contribution < -0.4 is 37.2 Å². The van der Waals surface area contributed by atoms with Gasteiger partial charge < -0.3 is 56.5 Å². The Morgan fingerprint density at radius 3 is 2.37 bits per heavy atom. The molecule has 2 aromatic heterocycles. The molecule has 7 N–H and O–H groups in total. The Morgan fingerprint density at radius 1 is 0.947 bits per heavy atom. The third-order valence-electron chi connectivity index (χ3n) is 14.3. The molecule has 20 nitrogen and oxygen atoms in total. The first kappa shape index (κ1) is 56.8. The maximum atomic E-state index is 14.7. The number of rotatable bonds is 21. The van der Waals surface area contributed by atoms with Crippen LogP contribution >= 0.6 is 0 Å². The molecule has 6 amide bonds. The largest absolute Gasteiger partial charge is 0.382 e. The molecule has 410 valence electrons. The molecule has 2 aromatic carbocycles. The van der Waals surface area contributed by atoms with E-state index >= 15 is 0 Å². The van der Waals surface area contributed by atoms with Gasteiger partial charge in [0.2, 0.25) is 29.5 Å². The molecule has 7 rings (SSSR count). The highest BCUT2D eigenvalue weighted by Gasteiger charge is 2.46. The molecule has 5 heterocycles. The van der Waals surface area contributed by atoms with E-state index in [4.69, 9.17) is 20.3 Å². The molecule has 4 aromatic rings. The Morgan fingerprint density at radius 2 is 1.67 bits per heavy atom. The van der Waals surface area contributed by atoms with Crippen LogP contribution in [0.15, 0.2) is 67.0 Å². The lowest BCUT2D eigenvalue weighted by Crippen LogP contribution is -2.59. The summed E-state index contributed by atoms with van der Waals surface area (Å²) >= 11 is 0. The standard InChI is InChI=1S/C55H75FN12O8/c1-8-42(35-13-10-9-11-14-35)62-52(72)46-29-38(31-68(46)54(74)49(55(3,4)5)63-51(71)34(2)58-6)61-48(70)19-24-76-26-25-75-23-18-47(69)59-20-22-66-32-41-36-27-45(50(57)60-30-36)67-21-12-15-44(67)40-28-37(56)16-17-39(40)53(73)65(7)33-43(41)64-66/h9-11,13-14,16-17,27-28,30,32,34,38,42,44,46,49,58H,8,12,15,18-26,29,31,33H2,1-7H3,(H2,57,60)(H,59,69)(H,61,70)(H,62,72)(H,63,71)/t34-,38-,42+,44-,46-,49?/m1/s1.